The Balaban J connectivity index is 2.48. The summed E-state index contributed by atoms with van der Waals surface area (Å²) in [6, 6.07) is -1.82. The molecule has 0 aromatic carbocycles. The van der Waals surface area contributed by atoms with Crippen LogP contribution in [0.25, 0.3) is 0 Å². The lowest BCUT2D eigenvalue weighted by Crippen LogP contribution is -2.53. The molecule has 6 N–H and O–H groups in total. The van der Waals surface area contributed by atoms with Gasteiger partial charge in [0.25, 0.3) is 0 Å². The van der Waals surface area contributed by atoms with Crippen molar-refractivity contribution in [1.82, 2.24) is 15.5 Å². The van der Waals surface area contributed by atoms with E-state index in [1.54, 1.807) is 0 Å². The van der Waals surface area contributed by atoms with Gasteiger partial charge in [0, 0.05) is 6.54 Å². The number of carboxylic acid groups (broad SMARTS) is 1. The second kappa shape index (κ2) is 8.29. The molecule has 0 bridgehead atoms. The molecule has 124 valence electrons. The summed E-state index contributed by atoms with van der Waals surface area (Å²) in [5, 5.41) is 21.8. The Morgan fingerprint density at radius 1 is 1.23 bits per heavy atom. The number of aliphatic hydroxyl groups is 1. The highest BCUT2D eigenvalue weighted by Crippen LogP contribution is 2.18. The molecule has 3 amide bonds. The summed E-state index contributed by atoms with van der Waals surface area (Å²) in [6.07, 6.45) is 1.06. The predicted molar refractivity (Wildman–Crippen MR) is 73.5 cm³/mol. The van der Waals surface area contributed by atoms with Gasteiger partial charge in [-0.25, -0.2) is 0 Å². The fraction of sp³-hybridized carbons (Fsp3) is 0.667. The molecule has 2 atom stereocenters. The summed E-state index contributed by atoms with van der Waals surface area (Å²) in [7, 11) is 0. The molecule has 10 nitrogen and oxygen atoms in total. The van der Waals surface area contributed by atoms with Crippen LogP contribution in [0.2, 0.25) is 0 Å². The van der Waals surface area contributed by atoms with E-state index in [1.807, 2.05) is 0 Å². The standard InChI is InChI=1S/C12H20N4O6/c13-7(6-17)12(22)16-3-1-2-8(16)11(21)15-4-9(18)14-5-10(19)20/h7-8,17H,1-6,13H2,(H,14,18)(H,15,21)(H,19,20). The average molecular weight is 316 g/mol. The molecule has 0 aromatic heterocycles. The summed E-state index contributed by atoms with van der Waals surface area (Å²) < 4.78 is 0. The molecule has 0 aliphatic carbocycles. The number of nitrogens with one attached hydrogen (secondary N) is 2. The van der Waals surface area contributed by atoms with Crippen LogP contribution in [0.5, 0.6) is 0 Å². The molecule has 2 unspecified atom stereocenters. The molecule has 10 heteroatoms. The molecular formula is C12H20N4O6. The molecule has 0 spiro atoms. The van der Waals surface area contributed by atoms with Gasteiger partial charge in [0.05, 0.1) is 13.2 Å². The van der Waals surface area contributed by atoms with Gasteiger partial charge in [-0.3, -0.25) is 19.2 Å². The predicted octanol–water partition coefficient (Wildman–Crippen LogP) is -3.39. The normalized spacial score (nSPS) is 18.6. The Morgan fingerprint density at radius 3 is 2.50 bits per heavy atom. The van der Waals surface area contributed by atoms with Crippen molar-refractivity contribution in [3.05, 3.63) is 0 Å². The van der Waals surface area contributed by atoms with E-state index in [0.29, 0.717) is 19.4 Å². The smallest absolute Gasteiger partial charge is 0.322 e. The molecule has 0 radical (unpaired) electrons. The number of nitrogens with zero attached hydrogens (tertiary/aromatic N) is 1. The maximum atomic E-state index is 12.0. The number of aliphatic hydroxyl groups excluding tert-OH is 1. The highest BCUT2D eigenvalue weighted by molar-refractivity contribution is 5.92. The van der Waals surface area contributed by atoms with Crippen LogP contribution in [0.15, 0.2) is 0 Å². The number of nitrogens with two attached hydrogens (primary N) is 1. The first-order valence-corrected chi connectivity index (χ1v) is 6.80. The first-order chi connectivity index (χ1) is 10.4. The van der Waals surface area contributed by atoms with Crippen LogP contribution in [0.4, 0.5) is 0 Å². The van der Waals surface area contributed by atoms with Gasteiger partial charge in [0.2, 0.25) is 17.7 Å². The number of hydrogen-bond donors (Lipinski definition) is 5. The molecule has 1 fully saturated rings. The molecule has 1 aliphatic heterocycles. The topological polar surface area (TPSA) is 162 Å². The molecule has 1 saturated heterocycles. The lowest BCUT2D eigenvalue weighted by atomic mass is 10.2. The SMILES string of the molecule is NC(CO)C(=O)N1CCCC1C(=O)NCC(=O)NCC(=O)O. The van der Waals surface area contributed by atoms with Crippen molar-refractivity contribution in [2.75, 3.05) is 26.2 Å². The largest absolute Gasteiger partial charge is 0.480 e. The van der Waals surface area contributed by atoms with Crippen LogP contribution in [0, 0.1) is 0 Å². The van der Waals surface area contributed by atoms with Crippen molar-refractivity contribution in [2.24, 2.45) is 5.73 Å². The van der Waals surface area contributed by atoms with Crippen molar-refractivity contribution in [2.45, 2.75) is 24.9 Å². The van der Waals surface area contributed by atoms with Crippen LogP contribution in [-0.2, 0) is 19.2 Å². The van der Waals surface area contributed by atoms with Gasteiger partial charge in [-0.2, -0.15) is 0 Å². The Hall–Kier alpha value is -2.20. The van der Waals surface area contributed by atoms with Crippen molar-refractivity contribution >= 4 is 23.7 Å². The lowest BCUT2D eigenvalue weighted by molar-refractivity contribution is -0.140. The van der Waals surface area contributed by atoms with E-state index in [-0.39, 0.29) is 6.54 Å². The Morgan fingerprint density at radius 2 is 1.91 bits per heavy atom. The van der Waals surface area contributed by atoms with Crippen LogP contribution in [-0.4, -0.2) is 77.1 Å². The van der Waals surface area contributed by atoms with Crippen molar-refractivity contribution < 1.29 is 29.4 Å². The highest BCUT2D eigenvalue weighted by atomic mass is 16.4. The average Bonchev–Trinajstić information content (AvgIpc) is 2.98. The van der Waals surface area contributed by atoms with Crippen LogP contribution >= 0.6 is 0 Å². The molecule has 0 saturated carbocycles. The summed E-state index contributed by atoms with van der Waals surface area (Å²) in [5.41, 5.74) is 5.46. The zero-order chi connectivity index (χ0) is 16.7. The Labute approximate surface area is 126 Å². The van der Waals surface area contributed by atoms with Gasteiger partial charge in [-0.05, 0) is 12.8 Å². The number of hydrogen-bond acceptors (Lipinski definition) is 6. The summed E-state index contributed by atoms with van der Waals surface area (Å²) in [5.74, 6) is -2.86. The van der Waals surface area contributed by atoms with Gasteiger partial charge in [-0.1, -0.05) is 0 Å². The zero-order valence-electron chi connectivity index (χ0n) is 11.9. The summed E-state index contributed by atoms with van der Waals surface area (Å²) in [6.45, 7) is -1.07. The van der Waals surface area contributed by atoms with Crippen LogP contribution in [0.3, 0.4) is 0 Å². The molecule has 1 aliphatic rings. The van der Waals surface area contributed by atoms with Crippen molar-refractivity contribution in [3.8, 4) is 0 Å². The lowest BCUT2D eigenvalue weighted by Gasteiger charge is -2.25. The van der Waals surface area contributed by atoms with E-state index in [4.69, 9.17) is 15.9 Å². The molecule has 0 aromatic rings. The number of likely N-dealkylation sites (tertiary alicyclic amines) is 1. The van der Waals surface area contributed by atoms with E-state index in [9.17, 15) is 19.2 Å². The second-order valence-electron chi connectivity index (χ2n) is 4.87. The maximum Gasteiger partial charge on any atom is 0.322 e. The number of carbonyl (C=O) groups excluding carboxylic acids is 3. The first kappa shape index (κ1) is 17.9. The minimum atomic E-state index is -1.19. The van der Waals surface area contributed by atoms with Crippen molar-refractivity contribution in [1.29, 1.82) is 0 Å². The number of rotatable bonds is 7. The number of carboxylic acids is 1. The van der Waals surface area contributed by atoms with Crippen LogP contribution < -0.4 is 16.4 Å². The summed E-state index contributed by atoms with van der Waals surface area (Å²) >= 11 is 0. The van der Waals surface area contributed by atoms with E-state index < -0.39 is 48.9 Å². The van der Waals surface area contributed by atoms with Gasteiger partial charge in [0.15, 0.2) is 0 Å². The minimum absolute atomic E-state index is 0.357. The van der Waals surface area contributed by atoms with Gasteiger partial charge in [0.1, 0.15) is 18.6 Å². The Kier molecular flexibility index (Phi) is 6.73. The van der Waals surface area contributed by atoms with Crippen molar-refractivity contribution in [3.63, 3.8) is 0 Å². The Bertz CT molecular complexity index is 455. The minimum Gasteiger partial charge on any atom is -0.480 e. The van der Waals surface area contributed by atoms with Gasteiger partial charge in [-0.15, -0.1) is 0 Å². The van der Waals surface area contributed by atoms with Gasteiger partial charge >= 0.3 is 5.97 Å². The monoisotopic (exact) mass is 316 g/mol. The zero-order valence-corrected chi connectivity index (χ0v) is 11.9. The first-order valence-electron chi connectivity index (χ1n) is 6.80. The van der Waals surface area contributed by atoms with Crippen LogP contribution in [0.1, 0.15) is 12.8 Å². The fourth-order valence-corrected chi connectivity index (χ4v) is 2.12. The third kappa shape index (κ3) is 4.97. The van der Waals surface area contributed by atoms with E-state index in [1.165, 1.54) is 4.90 Å². The maximum absolute atomic E-state index is 12.0. The van der Waals surface area contributed by atoms with E-state index in [2.05, 4.69) is 10.6 Å². The number of aliphatic carboxylic acids is 1. The summed E-state index contributed by atoms with van der Waals surface area (Å²) in [4.78, 5) is 46.8. The van der Waals surface area contributed by atoms with E-state index in [0.717, 1.165) is 0 Å². The molecular weight excluding hydrogens is 296 g/mol. The quantitative estimate of drug-likeness (QED) is 0.327. The number of carbonyl (C=O) groups is 4. The van der Waals surface area contributed by atoms with Gasteiger partial charge < -0.3 is 31.5 Å². The number of amides is 3. The molecule has 22 heavy (non-hydrogen) atoms. The fourth-order valence-electron chi connectivity index (χ4n) is 2.12. The molecule has 1 rings (SSSR count). The van der Waals surface area contributed by atoms with E-state index >= 15 is 0 Å². The third-order valence-electron chi connectivity index (χ3n) is 3.21. The molecule has 1 heterocycles. The second-order valence-corrected chi connectivity index (χ2v) is 4.87. The third-order valence-corrected chi connectivity index (χ3v) is 3.21. The highest BCUT2D eigenvalue weighted by Gasteiger charge is 2.35.